The normalized spacial score (nSPS) is 34.5. The predicted octanol–water partition coefficient (Wildman–Crippen LogP) is 9.61. The highest BCUT2D eigenvalue weighted by Gasteiger charge is 2.59. The summed E-state index contributed by atoms with van der Waals surface area (Å²) in [6.07, 6.45) is 20.6. The van der Waals surface area contributed by atoms with Crippen molar-refractivity contribution < 1.29 is 20.4 Å². The maximum atomic E-state index is 12.5. The molecule has 4 aliphatic rings. The summed E-state index contributed by atoms with van der Waals surface area (Å²) in [5.74, 6) is 5.65. The van der Waals surface area contributed by atoms with Gasteiger partial charge in [0, 0.05) is 14.4 Å². The molecule has 3 saturated carbocycles. The number of hydrogen-bond acceptors (Lipinski definition) is 4. The Kier molecular flexibility index (Phi) is 12.7. The highest BCUT2D eigenvalue weighted by molar-refractivity contribution is 5.67. The molecule has 0 bridgehead atoms. The van der Waals surface area contributed by atoms with E-state index >= 15 is 0 Å². The topological polar surface area (TPSA) is 56.8 Å². The fraction of sp³-hybridized carbons (Fsp3) is 0.868. The fourth-order valence-electron chi connectivity index (χ4n) is 9.87. The van der Waals surface area contributed by atoms with Crippen molar-refractivity contribution in [3.05, 3.63) is 23.8 Å². The van der Waals surface area contributed by atoms with E-state index in [0.717, 1.165) is 54.8 Å². The minimum absolute atomic E-state index is 0. The van der Waals surface area contributed by atoms with Gasteiger partial charge in [-0.1, -0.05) is 91.5 Å². The molecule has 5 heteroatoms. The third-order valence-electron chi connectivity index (χ3n) is 12.2. The largest absolute Gasteiger partial charge is 0.446 e. The van der Waals surface area contributed by atoms with Gasteiger partial charge in [0.15, 0.2) is 0 Å². The third kappa shape index (κ3) is 8.69. The van der Waals surface area contributed by atoms with Gasteiger partial charge in [-0.2, -0.15) is 0 Å². The Morgan fingerprint density at radius 3 is 2.56 bits per heavy atom. The van der Waals surface area contributed by atoms with Crippen LogP contribution >= 0.6 is 0 Å². The number of carbonyl (C=O) groups excluding carboxylic acids is 1. The number of fused-ring (bicyclic) bond motifs is 5. The molecule has 0 aliphatic heterocycles. The molecule has 0 heterocycles. The lowest BCUT2D eigenvalue weighted by Crippen LogP contribution is -2.51. The van der Waals surface area contributed by atoms with Crippen molar-refractivity contribution in [3.63, 3.8) is 0 Å². The van der Waals surface area contributed by atoms with E-state index in [1.54, 1.807) is 5.57 Å². The first-order chi connectivity index (χ1) is 20.5. The quantitative estimate of drug-likeness (QED) is 0.150. The minimum Gasteiger partial charge on any atom is -0.446 e. The third-order valence-corrected chi connectivity index (χ3v) is 12.2. The molecule has 0 aromatic heterocycles. The maximum Gasteiger partial charge on any atom is 0.407 e. The van der Waals surface area contributed by atoms with Crippen LogP contribution in [-0.2, 0) is 14.2 Å². The van der Waals surface area contributed by atoms with Gasteiger partial charge in [0.1, 0.15) is 6.10 Å². The maximum absolute atomic E-state index is 12.5. The van der Waals surface area contributed by atoms with Crippen molar-refractivity contribution in [3.8, 4) is 0 Å². The lowest BCUT2D eigenvalue weighted by molar-refractivity contribution is -0.0581. The first-order valence-electron chi connectivity index (χ1n) is 18.0. The molecule has 43 heavy (non-hydrogen) atoms. The van der Waals surface area contributed by atoms with E-state index in [-0.39, 0.29) is 19.0 Å². The van der Waals surface area contributed by atoms with Crippen molar-refractivity contribution in [2.75, 3.05) is 33.0 Å². The Balaban J connectivity index is 0.00000529. The molecular formula is C38H67NO4. The summed E-state index contributed by atoms with van der Waals surface area (Å²) in [6.45, 7) is 19.5. The average Bonchev–Trinajstić information content (AvgIpc) is 3.31. The summed E-state index contributed by atoms with van der Waals surface area (Å²) in [7, 11) is 0. The van der Waals surface area contributed by atoms with Crippen LogP contribution in [0.5, 0.6) is 0 Å². The summed E-state index contributed by atoms with van der Waals surface area (Å²) in [5.41, 5.74) is 2.38. The standard InChI is InChI=1S/C38H65NO4.H2/c1-27(2)10-8-12-29(5)33-15-16-34-32-14-13-30-26-31(17-19-37(30,6)35(32)18-20-38(33,34)7)43-36(40)39-21-23-42-25-24-41-22-9-11-28(3)4;/h9,11,13,27-29,31-35H,8,10,12,14-26H2,1-7H3,(H,39,40);1H/b11-9+;/t29-,31+,32?,33-,34?,35?,37+,38-;/m1./s1. The Bertz CT molecular complexity index is 949. The summed E-state index contributed by atoms with van der Waals surface area (Å²) in [5, 5.41) is 2.88. The molecule has 0 saturated heterocycles. The van der Waals surface area contributed by atoms with E-state index in [1.807, 2.05) is 6.08 Å². The van der Waals surface area contributed by atoms with Gasteiger partial charge in [-0.3, -0.25) is 0 Å². The molecule has 0 spiro atoms. The van der Waals surface area contributed by atoms with Gasteiger partial charge in [-0.15, -0.1) is 0 Å². The van der Waals surface area contributed by atoms with E-state index in [0.29, 0.717) is 44.3 Å². The zero-order chi connectivity index (χ0) is 31.0. The van der Waals surface area contributed by atoms with Crippen LogP contribution < -0.4 is 5.32 Å². The zero-order valence-electron chi connectivity index (χ0n) is 28.8. The second-order valence-corrected chi connectivity index (χ2v) is 15.8. The summed E-state index contributed by atoms with van der Waals surface area (Å²) in [4.78, 5) is 12.5. The van der Waals surface area contributed by atoms with Gasteiger partial charge in [0.2, 0.25) is 0 Å². The molecule has 0 aromatic rings. The first kappa shape index (κ1) is 34.5. The van der Waals surface area contributed by atoms with Crippen molar-refractivity contribution in [1.29, 1.82) is 0 Å². The Morgan fingerprint density at radius 1 is 1.00 bits per heavy atom. The van der Waals surface area contributed by atoms with E-state index in [4.69, 9.17) is 14.2 Å². The van der Waals surface area contributed by atoms with Crippen LogP contribution in [0.3, 0.4) is 0 Å². The van der Waals surface area contributed by atoms with E-state index in [1.165, 1.54) is 51.4 Å². The Morgan fingerprint density at radius 2 is 1.79 bits per heavy atom. The molecule has 4 rings (SSSR count). The number of alkyl carbamates (subject to hydrolysis) is 1. The summed E-state index contributed by atoms with van der Waals surface area (Å²) >= 11 is 0. The van der Waals surface area contributed by atoms with Crippen LogP contribution in [0.15, 0.2) is 23.8 Å². The number of allylic oxidation sites excluding steroid dienone is 2. The van der Waals surface area contributed by atoms with Gasteiger partial charge in [-0.05, 0) is 97.2 Å². The lowest BCUT2D eigenvalue weighted by atomic mass is 9.47. The lowest BCUT2D eigenvalue weighted by Gasteiger charge is -2.58. The molecule has 5 nitrogen and oxygen atoms in total. The van der Waals surface area contributed by atoms with Crippen molar-refractivity contribution in [1.82, 2.24) is 5.32 Å². The summed E-state index contributed by atoms with van der Waals surface area (Å²) in [6, 6.07) is 0. The predicted molar refractivity (Wildman–Crippen MR) is 179 cm³/mol. The van der Waals surface area contributed by atoms with Crippen LogP contribution in [0.2, 0.25) is 0 Å². The van der Waals surface area contributed by atoms with Crippen LogP contribution in [0.1, 0.15) is 121 Å². The second-order valence-electron chi connectivity index (χ2n) is 15.8. The fourth-order valence-corrected chi connectivity index (χ4v) is 9.87. The molecule has 3 unspecified atom stereocenters. The number of carbonyl (C=O) groups is 1. The molecule has 3 fully saturated rings. The van der Waals surface area contributed by atoms with Gasteiger partial charge in [0.25, 0.3) is 0 Å². The molecule has 4 aliphatic carbocycles. The van der Waals surface area contributed by atoms with Crippen LogP contribution in [0.25, 0.3) is 0 Å². The molecule has 248 valence electrons. The van der Waals surface area contributed by atoms with E-state index in [2.05, 4.69) is 65.9 Å². The van der Waals surface area contributed by atoms with Gasteiger partial charge in [-0.25, -0.2) is 4.79 Å². The smallest absolute Gasteiger partial charge is 0.407 e. The van der Waals surface area contributed by atoms with Crippen LogP contribution in [-0.4, -0.2) is 45.2 Å². The highest BCUT2D eigenvalue weighted by atomic mass is 16.6. The SMILES string of the molecule is CC(C)/C=C/COCCOCCNC(=O)O[C@H]1CC[C@@]2(C)C(=CCC3C2CC[C@@]2(C)C3CC[C@@H]2[C@H](C)CCCC(C)C)C1.[HH]. The molecule has 1 N–H and O–H groups in total. The summed E-state index contributed by atoms with van der Waals surface area (Å²) < 4.78 is 17.0. The average molecular weight is 602 g/mol. The van der Waals surface area contributed by atoms with Crippen molar-refractivity contribution in [2.45, 2.75) is 125 Å². The number of amides is 1. The van der Waals surface area contributed by atoms with Gasteiger partial charge >= 0.3 is 6.09 Å². The zero-order valence-corrected chi connectivity index (χ0v) is 28.8. The number of ether oxygens (including phenoxy) is 3. The van der Waals surface area contributed by atoms with Crippen LogP contribution in [0.4, 0.5) is 4.79 Å². The van der Waals surface area contributed by atoms with Crippen molar-refractivity contribution >= 4 is 6.09 Å². The van der Waals surface area contributed by atoms with Gasteiger partial charge in [0.05, 0.1) is 26.4 Å². The second kappa shape index (κ2) is 15.8. The molecule has 0 aromatic carbocycles. The van der Waals surface area contributed by atoms with Crippen molar-refractivity contribution in [2.24, 2.45) is 52.3 Å². The first-order valence-corrected chi connectivity index (χ1v) is 18.0. The monoisotopic (exact) mass is 602 g/mol. The number of nitrogens with one attached hydrogen (secondary N) is 1. The van der Waals surface area contributed by atoms with E-state index < -0.39 is 0 Å². The Labute approximate surface area is 265 Å². The molecule has 1 amide bonds. The molecular weight excluding hydrogens is 534 g/mol. The number of rotatable bonds is 15. The number of hydrogen-bond donors (Lipinski definition) is 1. The minimum atomic E-state index is -0.311. The van der Waals surface area contributed by atoms with E-state index in [9.17, 15) is 4.79 Å². The molecule has 8 atom stereocenters. The molecule has 0 radical (unpaired) electrons. The Hall–Kier alpha value is -1.33. The van der Waals surface area contributed by atoms with Crippen LogP contribution in [0, 0.1) is 52.3 Å². The van der Waals surface area contributed by atoms with Gasteiger partial charge < -0.3 is 19.5 Å². The highest BCUT2D eigenvalue weighted by Crippen LogP contribution is 2.67.